The minimum absolute atomic E-state index is 0.0454. The quantitative estimate of drug-likeness (QED) is 0.173. The molecule has 4 bridgehead atoms. The highest BCUT2D eigenvalue weighted by Crippen LogP contribution is 2.68. The zero-order valence-corrected chi connectivity index (χ0v) is 28.0. The van der Waals surface area contributed by atoms with Crippen LogP contribution in [0.3, 0.4) is 0 Å². The van der Waals surface area contributed by atoms with Gasteiger partial charge in [0, 0.05) is 29.4 Å². The molecule has 1 aromatic rings. The van der Waals surface area contributed by atoms with E-state index in [2.05, 4.69) is 19.9 Å². The van der Waals surface area contributed by atoms with E-state index < -0.39 is 28.3 Å². The van der Waals surface area contributed by atoms with E-state index >= 15 is 0 Å². The van der Waals surface area contributed by atoms with Crippen molar-refractivity contribution >= 4 is 24.1 Å². The first-order valence-corrected chi connectivity index (χ1v) is 16.1. The molecule has 8 heteroatoms. The highest BCUT2D eigenvalue weighted by atomic mass is 16.6. The summed E-state index contributed by atoms with van der Waals surface area (Å²) in [7, 11) is 0. The number of aromatic hydroxyl groups is 1. The second-order valence-corrected chi connectivity index (χ2v) is 14.6. The maximum Gasteiger partial charge on any atom is 0.298 e. The summed E-state index contributed by atoms with van der Waals surface area (Å²) in [6, 6.07) is 0. The number of allylic oxidation sites excluding steroid dienone is 6. The van der Waals surface area contributed by atoms with Crippen molar-refractivity contribution in [3.8, 4) is 17.2 Å². The normalized spacial score (nSPS) is 31.1. The van der Waals surface area contributed by atoms with Gasteiger partial charge in [0.2, 0.25) is 0 Å². The number of phenolic OH excluding ortho intramolecular Hbond substituents is 1. The number of hydrogen-bond donors (Lipinski definition) is 1. The third-order valence-electron chi connectivity index (χ3n) is 10.4. The molecule has 1 spiro atoms. The van der Waals surface area contributed by atoms with E-state index in [1.54, 1.807) is 19.1 Å². The van der Waals surface area contributed by atoms with E-state index in [0.29, 0.717) is 53.9 Å². The van der Waals surface area contributed by atoms with Crippen LogP contribution in [0.1, 0.15) is 103 Å². The Morgan fingerprint density at radius 1 is 1.02 bits per heavy atom. The van der Waals surface area contributed by atoms with Gasteiger partial charge in [-0.05, 0) is 99.3 Å². The Hall–Kier alpha value is -3.91. The average molecular weight is 629 g/mol. The first-order valence-electron chi connectivity index (χ1n) is 16.1. The van der Waals surface area contributed by atoms with Crippen molar-refractivity contribution in [2.75, 3.05) is 0 Å². The predicted molar refractivity (Wildman–Crippen MR) is 174 cm³/mol. The number of ether oxygens (including phenoxy) is 4. The maximum absolute atomic E-state index is 14.7. The van der Waals surface area contributed by atoms with Crippen LogP contribution in [0.25, 0.3) is 6.08 Å². The summed E-state index contributed by atoms with van der Waals surface area (Å²) in [6.45, 7) is 16.0. The van der Waals surface area contributed by atoms with Gasteiger partial charge in [0.1, 0.15) is 34.2 Å². The molecule has 1 saturated heterocycles. The fourth-order valence-electron chi connectivity index (χ4n) is 8.20. The van der Waals surface area contributed by atoms with Gasteiger partial charge in [0.15, 0.2) is 22.8 Å². The SMILES string of the molecule is CC(C)=CCC[C@@]1(C)C=Cc2c(O)c3c(c(CC=C(C)C)c2O1)O[C@]12C(=C[C@@H]4CC1C(C)(C)OC2(CC=C(C)OC=O)C4=O)C3=O. The van der Waals surface area contributed by atoms with Crippen LogP contribution in [-0.4, -0.2) is 45.5 Å². The molecule has 7 rings (SSSR count). The lowest BCUT2D eigenvalue weighted by Gasteiger charge is -2.56. The second kappa shape index (κ2) is 10.8. The standard InChI is InChI=1S/C38H44O8/c1-21(2)10-9-15-36(8)16-14-25-30(40)29-31(41)27-18-24-19-28-35(6,7)46-37(34(24)42,17-13-23(5)43-20-39)38(27,28)45-33(29)26(32(25)44-36)12-11-22(3)4/h10-11,13-14,16,18,20,24,28,40H,9,12,15,17,19H2,1-8H3/t24-,28?,36+,37?,38-/m1/s1. The van der Waals surface area contributed by atoms with Gasteiger partial charge in [-0.15, -0.1) is 0 Å². The Bertz CT molecular complexity index is 1690. The molecule has 0 aromatic heterocycles. The summed E-state index contributed by atoms with van der Waals surface area (Å²) < 4.78 is 25.7. The molecule has 5 atom stereocenters. The third kappa shape index (κ3) is 4.55. The summed E-state index contributed by atoms with van der Waals surface area (Å²) in [5.41, 5.74) is -0.687. The van der Waals surface area contributed by atoms with Crippen molar-refractivity contribution in [2.24, 2.45) is 11.8 Å². The van der Waals surface area contributed by atoms with Crippen LogP contribution >= 0.6 is 0 Å². The first-order chi connectivity index (χ1) is 21.6. The average Bonchev–Trinajstić information content (AvgIpc) is 3.12. The van der Waals surface area contributed by atoms with Gasteiger partial charge < -0.3 is 24.1 Å². The van der Waals surface area contributed by atoms with E-state index in [0.717, 1.165) is 12.0 Å². The number of Topliss-reactive ketones (excluding diaryl/α,β-unsaturated/α-hetero) is 2. The van der Waals surface area contributed by atoms with Crippen molar-refractivity contribution in [3.05, 3.63) is 69.5 Å². The number of fused-ring (bicyclic) bond motifs is 2. The lowest BCUT2D eigenvalue weighted by molar-refractivity contribution is -0.171. The van der Waals surface area contributed by atoms with Crippen molar-refractivity contribution < 1.29 is 38.4 Å². The van der Waals surface area contributed by atoms with Gasteiger partial charge in [-0.2, -0.15) is 0 Å². The molecule has 0 amide bonds. The van der Waals surface area contributed by atoms with E-state index in [1.165, 1.54) is 5.57 Å². The summed E-state index contributed by atoms with van der Waals surface area (Å²) >= 11 is 0. The first kappa shape index (κ1) is 32.0. The molecule has 46 heavy (non-hydrogen) atoms. The van der Waals surface area contributed by atoms with Crippen molar-refractivity contribution in [3.63, 3.8) is 0 Å². The van der Waals surface area contributed by atoms with Gasteiger partial charge in [-0.1, -0.05) is 29.4 Å². The third-order valence-corrected chi connectivity index (χ3v) is 10.4. The van der Waals surface area contributed by atoms with Gasteiger partial charge in [-0.25, -0.2) is 0 Å². The molecular weight excluding hydrogens is 584 g/mol. The lowest BCUT2D eigenvalue weighted by atomic mass is 9.51. The largest absolute Gasteiger partial charge is 0.506 e. The highest BCUT2D eigenvalue weighted by Gasteiger charge is 2.81. The number of hydrogen-bond acceptors (Lipinski definition) is 8. The topological polar surface area (TPSA) is 108 Å². The molecule has 2 unspecified atom stereocenters. The predicted octanol–water partition coefficient (Wildman–Crippen LogP) is 7.29. The Morgan fingerprint density at radius 3 is 2.41 bits per heavy atom. The number of carbonyl (C=O) groups excluding carboxylic acids is 3. The summed E-state index contributed by atoms with van der Waals surface area (Å²) in [5.74, 6) is -0.605. The molecular formula is C38H44O8. The summed E-state index contributed by atoms with van der Waals surface area (Å²) in [6.07, 6.45) is 13.8. The van der Waals surface area contributed by atoms with Gasteiger partial charge >= 0.3 is 0 Å². The van der Waals surface area contributed by atoms with Crippen molar-refractivity contribution in [1.82, 2.24) is 0 Å². The number of carbonyl (C=O) groups is 3. The molecule has 1 N–H and O–H groups in total. The van der Waals surface area contributed by atoms with Crippen LogP contribution in [0.15, 0.2) is 52.9 Å². The highest BCUT2D eigenvalue weighted by molar-refractivity contribution is 6.19. The van der Waals surface area contributed by atoms with Crippen molar-refractivity contribution in [2.45, 2.75) is 110 Å². The monoisotopic (exact) mass is 628 g/mol. The van der Waals surface area contributed by atoms with Crippen LogP contribution in [0, 0.1) is 11.8 Å². The van der Waals surface area contributed by atoms with E-state index in [-0.39, 0.29) is 41.0 Å². The van der Waals surface area contributed by atoms with Crippen molar-refractivity contribution in [1.29, 1.82) is 0 Å². The van der Waals surface area contributed by atoms with Gasteiger partial charge in [0.25, 0.3) is 6.47 Å². The molecule has 244 valence electrons. The van der Waals surface area contributed by atoms with E-state index in [9.17, 15) is 19.5 Å². The van der Waals surface area contributed by atoms with E-state index in [1.807, 2.05) is 52.8 Å². The van der Waals surface area contributed by atoms with Crippen LogP contribution in [0.4, 0.5) is 0 Å². The molecule has 1 aromatic carbocycles. The summed E-state index contributed by atoms with van der Waals surface area (Å²) in [5, 5.41) is 11.8. The Balaban J connectivity index is 1.58. The molecule has 2 fully saturated rings. The number of rotatable bonds is 9. The zero-order valence-electron chi connectivity index (χ0n) is 28.0. The van der Waals surface area contributed by atoms with Gasteiger partial charge in [0.05, 0.1) is 11.2 Å². The second-order valence-electron chi connectivity index (χ2n) is 14.6. The summed E-state index contributed by atoms with van der Waals surface area (Å²) in [4.78, 5) is 40.1. The smallest absolute Gasteiger partial charge is 0.298 e. The minimum atomic E-state index is -1.55. The number of ketones is 2. The lowest BCUT2D eigenvalue weighted by Crippen LogP contribution is -2.72. The Labute approximate surface area is 270 Å². The van der Waals surface area contributed by atoms with Crippen LogP contribution in [-0.2, 0) is 25.5 Å². The zero-order chi connectivity index (χ0) is 33.4. The Kier molecular flexibility index (Phi) is 7.54. The van der Waals surface area contributed by atoms with Gasteiger partial charge in [-0.3, -0.25) is 14.4 Å². The molecule has 1 saturated carbocycles. The van der Waals surface area contributed by atoms with Crippen LogP contribution in [0.5, 0.6) is 17.2 Å². The molecule has 3 heterocycles. The fourth-order valence-corrected chi connectivity index (χ4v) is 8.20. The molecule has 3 aliphatic carbocycles. The van der Waals surface area contributed by atoms with Crippen LogP contribution in [0.2, 0.25) is 0 Å². The molecule has 0 radical (unpaired) electrons. The fraction of sp³-hybridized carbons (Fsp3) is 0.500. The number of benzene rings is 1. The number of phenols is 1. The minimum Gasteiger partial charge on any atom is -0.506 e. The Morgan fingerprint density at radius 2 is 1.74 bits per heavy atom. The van der Waals surface area contributed by atoms with Crippen LogP contribution < -0.4 is 9.47 Å². The van der Waals surface area contributed by atoms with E-state index in [4.69, 9.17) is 18.9 Å². The maximum atomic E-state index is 14.7. The molecule has 6 aliphatic rings. The molecule has 8 nitrogen and oxygen atoms in total. The molecule has 3 aliphatic heterocycles.